The Morgan fingerprint density at radius 3 is 2.17 bits per heavy atom. The minimum Gasteiger partial charge on any atom is -0.0625 e. The van der Waals surface area contributed by atoms with Gasteiger partial charge in [-0.15, -0.1) is 0 Å². The highest BCUT2D eigenvalue weighted by molar-refractivity contribution is 5.09. The normalized spacial score (nSPS) is 47.8. The van der Waals surface area contributed by atoms with Crippen molar-refractivity contribution in [2.75, 3.05) is 0 Å². The maximum Gasteiger partial charge on any atom is -0.0264 e. The van der Waals surface area contributed by atoms with E-state index in [0.717, 1.165) is 53.3 Å². The molecule has 10 atom stereocenters. The first kappa shape index (κ1) is 22.2. The lowest BCUT2D eigenvalue weighted by Crippen LogP contribution is -2.53. The Labute approximate surface area is 183 Å². The summed E-state index contributed by atoms with van der Waals surface area (Å²) in [4.78, 5) is 0. The molecule has 168 valence electrons. The summed E-state index contributed by atoms with van der Waals surface area (Å²) in [5.41, 5.74) is 1.35. The summed E-state index contributed by atoms with van der Waals surface area (Å²) in [6.07, 6.45) is 16.9. The summed E-state index contributed by atoms with van der Waals surface area (Å²) in [5, 5.41) is 0. The van der Waals surface area contributed by atoms with Gasteiger partial charge in [-0.2, -0.15) is 0 Å². The van der Waals surface area contributed by atoms with Crippen molar-refractivity contribution in [3.8, 4) is 0 Å². The molecular weight excluding hydrogens is 348 g/mol. The quantitative estimate of drug-likeness (QED) is 0.432. The molecule has 0 aromatic heterocycles. The molecule has 0 bridgehead atoms. The van der Waals surface area contributed by atoms with Gasteiger partial charge in [0.15, 0.2) is 0 Å². The maximum atomic E-state index is 2.76. The van der Waals surface area contributed by atoms with Crippen LogP contribution in [-0.2, 0) is 0 Å². The fourth-order valence-corrected chi connectivity index (χ4v) is 9.89. The molecule has 4 aliphatic carbocycles. The molecule has 4 saturated carbocycles. The SMILES string of the molecule is CC(C)C(C)C(C)C[C@@H](C)[C@H]1CC[C@H]2[C@@H]3CCC4CCCC[C@]4(C)[C@H]3CC[C@]12C. The second-order valence-electron chi connectivity index (χ2n) is 13.4. The van der Waals surface area contributed by atoms with Crippen molar-refractivity contribution in [1.29, 1.82) is 0 Å². The van der Waals surface area contributed by atoms with E-state index in [-0.39, 0.29) is 0 Å². The lowest BCUT2D eigenvalue weighted by atomic mass is 9.44. The molecule has 4 rings (SSSR count). The molecule has 0 amide bonds. The fourth-order valence-electron chi connectivity index (χ4n) is 9.89. The Morgan fingerprint density at radius 1 is 0.724 bits per heavy atom. The second kappa shape index (κ2) is 8.16. The summed E-state index contributed by atoms with van der Waals surface area (Å²) in [6.45, 7) is 18.0. The van der Waals surface area contributed by atoms with Gasteiger partial charge in [0.05, 0.1) is 0 Å². The minimum absolute atomic E-state index is 0.652. The second-order valence-corrected chi connectivity index (χ2v) is 13.4. The summed E-state index contributed by atoms with van der Waals surface area (Å²) < 4.78 is 0. The third kappa shape index (κ3) is 3.65. The lowest BCUT2D eigenvalue weighted by molar-refractivity contribution is -0.114. The molecule has 29 heavy (non-hydrogen) atoms. The van der Waals surface area contributed by atoms with Crippen molar-refractivity contribution in [1.82, 2.24) is 0 Å². The zero-order valence-corrected chi connectivity index (χ0v) is 21.0. The molecule has 0 nitrogen and oxygen atoms in total. The number of hydrogen-bond acceptors (Lipinski definition) is 0. The van der Waals surface area contributed by atoms with Gasteiger partial charge in [-0.05, 0) is 122 Å². The van der Waals surface area contributed by atoms with Crippen LogP contribution in [0.4, 0.5) is 0 Å². The van der Waals surface area contributed by atoms with Gasteiger partial charge in [0.1, 0.15) is 0 Å². The van der Waals surface area contributed by atoms with E-state index in [1.165, 1.54) is 25.7 Å². The van der Waals surface area contributed by atoms with Crippen molar-refractivity contribution in [3.63, 3.8) is 0 Å². The smallest absolute Gasteiger partial charge is 0.0264 e. The van der Waals surface area contributed by atoms with E-state index < -0.39 is 0 Å². The van der Waals surface area contributed by atoms with Crippen LogP contribution in [0.3, 0.4) is 0 Å². The third-order valence-corrected chi connectivity index (χ3v) is 12.0. The molecule has 4 aliphatic rings. The van der Waals surface area contributed by atoms with E-state index in [1.54, 1.807) is 44.9 Å². The molecular formula is C29H52. The van der Waals surface area contributed by atoms with Crippen LogP contribution < -0.4 is 0 Å². The van der Waals surface area contributed by atoms with Gasteiger partial charge in [0.2, 0.25) is 0 Å². The first-order chi connectivity index (χ1) is 13.7. The van der Waals surface area contributed by atoms with Crippen LogP contribution in [0.25, 0.3) is 0 Å². The van der Waals surface area contributed by atoms with E-state index in [2.05, 4.69) is 48.5 Å². The van der Waals surface area contributed by atoms with Crippen molar-refractivity contribution < 1.29 is 0 Å². The molecule has 0 heterocycles. The van der Waals surface area contributed by atoms with Crippen LogP contribution in [0.5, 0.6) is 0 Å². The van der Waals surface area contributed by atoms with Crippen LogP contribution in [-0.4, -0.2) is 0 Å². The first-order valence-electron chi connectivity index (χ1n) is 13.7. The lowest BCUT2D eigenvalue weighted by Gasteiger charge is -2.61. The Balaban J connectivity index is 1.48. The number of fused-ring (bicyclic) bond motifs is 5. The van der Waals surface area contributed by atoms with Crippen LogP contribution in [0.2, 0.25) is 0 Å². The predicted molar refractivity (Wildman–Crippen MR) is 127 cm³/mol. The van der Waals surface area contributed by atoms with Gasteiger partial charge in [0, 0.05) is 0 Å². The molecule has 0 N–H and O–H groups in total. The van der Waals surface area contributed by atoms with Crippen molar-refractivity contribution in [2.24, 2.45) is 64.1 Å². The number of rotatable bonds is 5. The van der Waals surface area contributed by atoms with Crippen molar-refractivity contribution >= 4 is 0 Å². The average Bonchev–Trinajstić information content (AvgIpc) is 3.04. The van der Waals surface area contributed by atoms with E-state index in [9.17, 15) is 0 Å². The monoisotopic (exact) mass is 400 g/mol. The highest BCUT2D eigenvalue weighted by Gasteiger charge is 2.60. The van der Waals surface area contributed by atoms with E-state index in [1.807, 2.05) is 0 Å². The zero-order chi connectivity index (χ0) is 21.0. The molecule has 3 unspecified atom stereocenters. The predicted octanol–water partition coefficient (Wildman–Crippen LogP) is 8.99. The standard InChI is InChI=1S/C29H52/c1-19(2)22(5)20(3)18-21(4)25-13-14-26-24-12-11-23-10-8-9-16-28(23,6)27(24)15-17-29(25,26)7/h19-27H,8-18H2,1-7H3/t20?,21-,22?,23?,24+,25-,26+,27+,28+,29-/m1/s1. The topological polar surface area (TPSA) is 0 Å². The number of hydrogen-bond donors (Lipinski definition) is 0. The Kier molecular flexibility index (Phi) is 6.25. The van der Waals surface area contributed by atoms with Gasteiger partial charge in [-0.1, -0.05) is 61.3 Å². The Morgan fingerprint density at radius 2 is 1.45 bits per heavy atom. The van der Waals surface area contributed by atoms with Crippen molar-refractivity contribution in [2.45, 2.75) is 119 Å². The average molecular weight is 401 g/mol. The van der Waals surface area contributed by atoms with Crippen molar-refractivity contribution in [3.05, 3.63) is 0 Å². The minimum atomic E-state index is 0.652. The zero-order valence-electron chi connectivity index (χ0n) is 21.0. The molecule has 0 spiro atoms. The first-order valence-corrected chi connectivity index (χ1v) is 13.7. The van der Waals surface area contributed by atoms with Gasteiger partial charge >= 0.3 is 0 Å². The van der Waals surface area contributed by atoms with Gasteiger partial charge in [0.25, 0.3) is 0 Å². The van der Waals surface area contributed by atoms with Gasteiger partial charge in [-0.3, -0.25) is 0 Å². The van der Waals surface area contributed by atoms with Crippen LogP contribution >= 0.6 is 0 Å². The Bertz CT molecular complexity index is 562. The molecule has 4 fully saturated rings. The highest BCUT2D eigenvalue weighted by atomic mass is 14.6. The van der Waals surface area contributed by atoms with Gasteiger partial charge in [-0.25, -0.2) is 0 Å². The largest absolute Gasteiger partial charge is 0.0625 e. The fraction of sp³-hybridized carbons (Fsp3) is 1.00. The molecule has 0 heteroatoms. The van der Waals surface area contributed by atoms with Crippen LogP contribution in [0.1, 0.15) is 119 Å². The van der Waals surface area contributed by atoms with E-state index >= 15 is 0 Å². The molecule has 0 saturated heterocycles. The van der Waals surface area contributed by atoms with Crippen LogP contribution in [0.15, 0.2) is 0 Å². The maximum absolute atomic E-state index is 2.76. The molecule has 0 aliphatic heterocycles. The molecule has 0 radical (unpaired) electrons. The van der Waals surface area contributed by atoms with Crippen LogP contribution in [0, 0.1) is 64.1 Å². The summed E-state index contributed by atoms with van der Waals surface area (Å²) in [7, 11) is 0. The summed E-state index contributed by atoms with van der Waals surface area (Å²) in [5.74, 6) is 8.71. The van der Waals surface area contributed by atoms with E-state index in [0.29, 0.717) is 10.8 Å². The van der Waals surface area contributed by atoms with E-state index in [4.69, 9.17) is 0 Å². The highest BCUT2D eigenvalue weighted by Crippen LogP contribution is 2.68. The summed E-state index contributed by atoms with van der Waals surface area (Å²) >= 11 is 0. The molecule has 0 aromatic carbocycles. The van der Waals surface area contributed by atoms with Gasteiger partial charge < -0.3 is 0 Å². The third-order valence-electron chi connectivity index (χ3n) is 12.0. The Hall–Kier alpha value is 0. The summed E-state index contributed by atoms with van der Waals surface area (Å²) in [6, 6.07) is 0. The molecule has 0 aromatic rings.